The molecule has 1 aromatic carbocycles. The minimum Gasteiger partial charge on any atom is -0.337 e. The lowest BCUT2D eigenvalue weighted by Crippen LogP contribution is -2.32. The van der Waals surface area contributed by atoms with E-state index in [0.717, 1.165) is 14.5 Å². The molecule has 0 aliphatic carbocycles. The highest BCUT2D eigenvalue weighted by Crippen LogP contribution is 2.25. The van der Waals surface area contributed by atoms with E-state index in [1.165, 1.54) is 4.90 Å². The summed E-state index contributed by atoms with van der Waals surface area (Å²) in [5, 5.41) is 4.29. The number of likely N-dealkylation sites (tertiary alicyclic amines) is 1. The highest BCUT2D eigenvalue weighted by Gasteiger charge is 2.36. The van der Waals surface area contributed by atoms with Crippen LogP contribution in [0.3, 0.4) is 0 Å². The van der Waals surface area contributed by atoms with Crippen LogP contribution in [-0.2, 0) is 21.4 Å². The first-order valence-electron chi connectivity index (χ1n) is 5.50. The topological polar surface area (TPSA) is 80.5 Å². The van der Waals surface area contributed by atoms with E-state index in [0.29, 0.717) is 6.54 Å². The molecule has 0 radical (unpaired) electrons. The third-order valence-electron chi connectivity index (χ3n) is 3.01. The summed E-state index contributed by atoms with van der Waals surface area (Å²) in [6, 6.07) is 5.64. The molecule has 19 heavy (non-hydrogen) atoms. The molecule has 0 saturated carbocycles. The molecule has 0 aromatic heterocycles. The number of carbonyl (C=O) groups is 1. The van der Waals surface area contributed by atoms with Crippen molar-refractivity contribution >= 4 is 47.8 Å². The first-order valence-corrected chi connectivity index (χ1v) is 8.70. The van der Waals surface area contributed by atoms with Gasteiger partial charge in [0.25, 0.3) is 0 Å². The molecule has 0 spiro atoms. The van der Waals surface area contributed by atoms with Crippen molar-refractivity contribution in [1.82, 2.24) is 4.90 Å². The summed E-state index contributed by atoms with van der Waals surface area (Å²) in [6.45, 7) is 0.515. The molecule has 8 heteroatoms. The maximum absolute atomic E-state index is 11.8. The van der Waals surface area contributed by atoms with Gasteiger partial charge in [0.05, 0.1) is 0 Å². The molecule has 5 nitrogen and oxygen atoms in total. The van der Waals surface area contributed by atoms with E-state index in [1.54, 1.807) is 0 Å². The van der Waals surface area contributed by atoms with Gasteiger partial charge in [0, 0.05) is 28.5 Å². The Hall–Kier alpha value is -0.440. The molecule has 2 N–H and O–H groups in total. The molecule has 2 rings (SSSR count). The zero-order valence-corrected chi connectivity index (χ0v) is 13.8. The van der Waals surface area contributed by atoms with Crippen LogP contribution in [0.2, 0.25) is 0 Å². The number of rotatable bonds is 3. The molecule has 1 unspecified atom stereocenters. The van der Waals surface area contributed by atoms with Gasteiger partial charge >= 0.3 is 0 Å². The lowest BCUT2D eigenvalue weighted by Gasteiger charge is -2.17. The van der Waals surface area contributed by atoms with Crippen molar-refractivity contribution in [2.45, 2.75) is 18.2 Å². The van der Waals surface area contributed by atoms with Crippen LogP contribution in [0.5, 0.6) is 0 Å². The van der Waals surface area contributed by atoms with Gasteiger partial charge in [-0.15, -0.1) is 0 Å². The molecule has 1 aliphatic heterocycles. The van der Waals surface area contributed by atoms with Crippen molar-refractivity contribution in [3.63, 3.8) is 0 Å². The largest absolute Gasteiger partial charge is 0.337 e. The maximum Gasteiger partial charge on any atom is 0.224 e. The molecular weight excluding hydrogens is 400 g/mol. The predicted molar refractivity (Wildman–Crippen MR) is 78.8 cm³/mol. The van der Waals surface area contributed by atoms with Crippen LogP contribution in [0.25, 0.3) is 0 Å². The van der Waals surface area contributed by atoms with Crippen LogP contribution in [0.1, 0.15) is 12.0 Å². The Bertz CT molecular complexity index is 618. The highest BCUT2D eigenvalue weighted by molar-refractivity contribution is 9.11. The zero-order chi connectivity index (χ0) is 14.2. The van der Waals surface area contributed by atoms with Crippen molar-refractivity contribution in [2.24, 2.45) is 5.14 Å². The van der Waals surface area contributed by atoms with Crippen LogP contribution in [0.15, 0.2) is 27.1 Å². The second-order valence-electron chi connectivity index (χ2n) is 4.43. The Morgan fingerprint density at radius 3 is 2.63 bits per heavy atom. The van der Waals surface area contributed by atoms with E-state index in [2.05, 4.69) is 31.9 Å². The third kappa shape index (κ3) is 3.56. The molecule has 1 fully saturated rings. The summed E-state index contributed by atoms with van der Waals surface area (Å²) in [5.74, 6) is -0.189. The number of hydrogen-bond acceptors (Lipinski definition) is 3. The fraction of sp³-hybridized carbons (Fsp3) is 0.364. The summed E-state index contributed by atoms with van der Waals surface area (Å²) in [6.07, 6.45) is -0.0372. The number of nitrogens with two attached hydrogens (primary N) is 1. The summed E-state index contributed by atoms with van der Waals surface area (Å²) in [7, 11) is -3.66. The molecule has 104 valence electrons. The second-order valence-corrected chi connectivity index (χ2v) is 8.04. The smallest absolute Gasteiger partial charge is 0.224 e. The van der Waals surface area contributed by atoms with Crippen LogP contribution in [0, 0.1) is 0 Å². The number of carbonyl (C=O) groups excluding carboxylic acids is 1. The average molecular weight is 412 g/mol. The van der Waals surface area contributed by atoms with Gasteiger partial charge in [0.2, 0.25) is 15.9 Å². The van der Waals surface area contributed by atoms with Crippen molar-refractivity contribution in [3.05, 3.63) is 32.7 Å². The molecule has 1 heterocycles. The Morgan fingerprint density at radius 2 is 2.05 bits per heavy atom. The molecule has 0 bridgehead atoms. The summed E-state index contributed by atoms with van der Waals surface area (Å²) >= 11 is 6.77. The number of hydrogen-bond donors (Lipinski definition) is 1. The van der Waals surface area contributed by atoms with E-state index < -0.39 is 15.3 Å². The van der Waals surface area contributed by atoms with Crippen molar-refractivity contribution in [3.8, 4) is 0 Å². The van der Waals surface area contributed by atoms with Crippen molar-refractivity contribution in [2.75, 3.05) is 6.54 Å². The highest BCUT2D eigenvalue weighted by atomic mass is 79.9. The van der Waals surface area contributed by atoms with Crippen LogP contribution < -0.4 is 5.14 Å². The fourth-order valence-electron chi connectivity index (χ4n) is 1.98. The molecule has 1 aromatic rings. The number of benzene rings is 1. The van der Waals surface area contributed by atoms with Gasteiger partial charge in [0.1, 0.15) is 5.25 Å². The van der Waals surface area contributed by atoms with Gasteiger partial charge in [-0.05, 0) is 23.8 Å². The quantitative estimate of drug-likeness (QED) is 0.820. The van der Waals surface area contributed by atoms with Gasteiger partial charge in [-0.3, -0.25) is 4.79 Å². The third-order valence-corrected chi connectivity index (χ3v) is 5.52. The van der Waals surface area contributed by atoms with Crippen LogP contribution >= 0.6 is 31.9 Å². The van der Waals surface area contributed by atoms with Crippen LogP contribution in [0.4, 0.5) is 0 Å². The monoisotopic (exact) mass is 410 g/mol. The standard InChI is InChI=1S/C11H12Br2N2O3S/c12-8-1-2-10(13)7(3-8)5-15-6-9(4-11(15)16)19(14,17)18/h1-3,9H,4-6H2,(H2,14,17,18). The number of halogens is 2. The number of sulfonamides is 1. The Kier molecular flexibility index (Phi) is 4.34. The predicted octanol–water partition coefficient (Wildman–Crippen LogP) is 1.60. The second kappa shape index (κ2) is 5.51. The van der Waals surface area contributed by atoms with E-state index in [9.17, 15) is 13.2 Å². The molecule has 1 amide bonds. The van der Waals surface area contributed by atoms with E-state index in [-0.39, 0.29) is 18.9 Å². The van der Waals surface area contributed by atoms with Gasteiger partial charge in [-0.25, -0.2) is 13.6 Å². The molecular formula is C11H12Br2N2O3S. The summed E-state index contributed by atoms with van der Waals surface area (Å²) in [4.78, 5) is 13.3. The van der Waals surface area contributed by atoms with E-state index in [4.69, 9.17) is 5.14 Å². The lowest BCUT2D eigenvalue weighted by atomic mass is 10.2. The van der Waals surface area contributed by atoms with Crippen molar-refractivity contribution < 1.29 is 13.2 Å². The van der Waals surface area contributed by atoms with Crippen molar-refractivity contribution in [1.29, 1.82) is 0 Å². The Labute approximate surface area is 128 Å². The van der Waals surface area contributed by atoms with Gasteiger partial charge in [-0.1, -0.05) is 31.9 Å². The molecule has 1 atom stereocenters. The normalized spacial score (nSPS) is 20.1. The van der Waals surface area contributed by atoms with Crippen LogP contribution in [-0.4, -0.2) is 31.0 Å². The maximum atomic E-state index is 11.8. The van der Waals surface area contributed by atoms with Gasteiger partial charge in [0.15, 0.2) is 0 Å². The SMILES string of the molecule is NS(=O)(=O)C1CC(=O)N(Cc2cc(Br)ccc2Br)C1. The van der Waals surface area contributed by atoms with E-state index in [1.807, 2.05) is 18.2 Å². The first-order chi connectivity index (χ1) is 8.77. The summed E-state index contributed by atoms with van der Waals surface area (Å²) in [5.41, 5.74) is 0.915. The minimum atomic E-state index is -3.66. The number of primary sulfonamides is 1. The Balaban J connectivity index is 2.16. The number of nitrogens with zero attached hydrogens (tertiary/aromatic N) is 1. The zero-order valence-electron chi connectivity index (χ0n) is 9.84. The first kappa shape index (κ1) is 15.0. The average Bonchev–Trinajstić information content (AvgIpc) is 2.65. The molecule has 1 saturated heterocycles. The summed E-state index contributed by atoms with van der Waals surface area (Å²) < 4.78 is 24.3. The molecule has 1 aliphatic rings. The number of amides is 1. The minimum absolute atomic E-state index is 0.0372. The Morgan fingerprint density at radius 1 is 1.37 bits per heavy atom. The fourth-order valence-corrected chi connectivity index (χ4v) is 3.52. The van der Waals surface area contributed by atoms with E-state index >= 15 is 0 Å². The lowest BCUT2D eigenvalue weighted by molar-refractivity contribution is -0.128. The van der Waals surface area contributed by atoms with Gasteiger partial charge in [-0.2, -0.15) is 0 Å². The van der Waals surface area contributed by atoms with Gasteiger partial charge < -0.3 is 4.90 Å².